The number of phenolic OH excluding ortho intramolecular Hbond substituents is 1. The van der Waals surface area contributed by atoms with Crippen LogP contribution < -0.4 is 10.6 Å². The number of ether oxygens (including phenoxy) is 1. The van der Waals surface area contributed by atoms with Crippen LogP contribution in [0, 0.1) is 0 Å². The van der Waals surface area contributed by atoms with Crippen LogP contribution in [0.3, 0.4) is 0 Å². The van der Waals surface area contributed by atoms with Gasteiger partial charge in [0, 0.05) is 18.3 Å². The SMILES string of the molecule is CC(=O)Nc1ccc(NC(=O)C(C)OC(=O)c2ccc(-c3ccc(O)cc3)cc2)cc1. The molecule has 3 N–H and O–H groups in total. The number of carbonyl (C=O) groups is 3. The van der Waals surface area contributed by atoms with E-state index in [1.54, 1.807) is 72.8 Å². The van der Waals surface area contributed by atoms with Gasteiger partial charge in [-0.25, -0.2) is 4.79 Å². The summed E-state index contributed by atoms with van der Waals surface area (Å²) >= 11 is 0. The predicted octanol–water partition coefficient (Wildman–Crippen LogP) is 4.20. The van der Waals surface area contributed by atoms with Gasteiger partial charge in [-0.05, 0) is 66.6 Å². The molecule has 0 heterocycles. The lowest BCUT2D eigenvalue weighted by Crippen LogP contribution is -2.30. The summed E-state index contributed by atoms with van der Waals surface area (Å²) in [4.78, 5) is 35.8. The summed E-state index contributed by atoms with van der Waals surface area (Å²) in [6.45, 7) is 2.90. The van der Waals surface area contributed by atoms with E-state index in [0.717, 1.165) is 11.1 Å². The van der Waals surface area contributed by atoms with Crippen LogP contribution in [0.15, 0.2) is 72.8 Å². The van der Waals surface area contributed by atoms with Gasteiger partial charge < -0.3 is 20.5 Å². The van der Waals surface area contributed by atoms with Crippen molar-refractivity contribution in [3.63, 3.8) is 0 Å². The maximum absolute atomic E-state index is 12.4. The minimum absolute atomic E-state index is 0.180. The predicted molar refractivity (Wildman–Crippen MR) is 118 cm³/mol. The van der Waals surface area contributed by atoms with E-state index in [9.17, 15) is 19.5 Å². The molecule has 0 aliphatic heterocycles. The molecule has 0 spiro atoms. The van der Waals surface area contributed by atoms with E-state index in [4.69, 9.17) is 4.74 Å². The van der Waals surface area contributed by atoms with Gasteiger partial charge in [0.25, 0.3) is 5.91 Å². The molecule has 0 bridgehead atoms. The van der Waals surface area contributed by atoms with Crippen molar-refractivity contribution in [1.29, 1.82) is 0 Å². The van der Waals surface area contributed by atoms with Crippen molar-refractivity contribution in [2.24, 2.45) is 0 Å². The standard InChI is InChI=1S/C24H22N2O5/c1-15(23(29)26-21-11-9-20(10-12-21)25-16(2)27)31-24(30)19-5-3-17(4-6-19)18-7-13-22(28)14-8-18/h3-15,28H,1-2H3,(H,25,27)(H,26,29). The van der Waals surface area contributed by atoms with Gasteiger partial charge in [0.15, 0.2) is 6.10 Å². The number of amides is 2. The molecule has 0 saturated carbocycles. The molecule has 0 aliphatic rings. The molecular formula is C24H22N2O5. The Bertz CT molecular complexity index is 1070. The third-order valence-electron chi connectivity index (χ3n) is 4.45. The molecule has 0 aromatic heterocycles. The number of hydrogen-bond acceptors (Lipinski definition) is 5. The minimum Gasteiger partial charge on any atom is -0.508 e. The number of nitrogens with one attached hydrogen (secondary N) is 2. The number of rotatable bonds is 6. The van der Waals surface area contributed by atoms with Gasteiger partial charge in [-0.15, -0.1) is 0 Å². The second-order valence-electron chi connectivity index (χ2n) is 6.92. The number of benzene rings is 3. The number of esters is 1. The van der Waals surface area contributed by atoms with Gasteiger partial charge in [-0.3, -0.25) is 9.59 Å². The first kappa shape index (κ1) is 21.6. The summed E-state index contributed by atoms with van der Waals surface area (Å²) in [6.07, 6.45) is -1.00. The summed E-state index contributed by atoms with van der Waals surface area (Å²) < 4.78 is 5.27. The fourth-order valence-corrected chi connectivity index (χ4v) is 2.82. The zero-order valence-corrected chi connectivity index (χ0v) is 17.1. The molecule has 0 aliphatic carbocycles. The summed E-state index contributed by atoms with van der Waals surface area (Å²) in [5.41, 5.74) is 3.22. The quantitative estimate of drug-likeness (QED) is 0.521. The number of anilines is 2. The minimum atomic E-state index is -1.00. The molecule has 3 aromatic carbocycles. The maximum atomic E-state index is 12.4. The molecule has 2 amide bonds. The molecule has 0 fully saturated rings. The molecule has 7 nitrogen and oxygen atoms in total. The Labute approximate surface area is 179 Å². The van der Waals surface area contributed by atoms with Crippen LogP contribution in [0.25, 0.3) is 11.1 Å². The highest BCUT2D eigenvalue weighted by Crippen LogP contribution is 2.22. The smallest absolute Gasteiger partial charge is 0.338 e. The number of aromatic hydroxyl groups is 1. The third-order valence-corrected chi connectivity index (χ3v) is 4.45. The van der Waals surface area contributed by atoms with Gasteiger partial charge in [0.1, 0.15) is 5.75 Å². The largest absolute Gasteiger partial charge is 0.508 e. The lowest BCUT2D eigenvalue weighted by atomic mass is 10.0. The first-order chi connectivity index (χ1) is 14.8. The van der Waals surface area contributed by atoms with Crippen LogP contribution in [-0.2, 0) is 14.3 Å². The van der Waals surface area contributed by atoms with Crippen LogP contribution in [0.2, 0.25) is 0 Å². The zero-order chi connectivity index (χ0) is 22.4. The molecule has 3 rings (SSSR count). The highest BCUT2D eigenvalue weighted by Gasteiger charge is 2.19. The Hall–Kier alpha value is -4.13. The van der Waals surface area contributed by atoms with E-state index in [1.165, 1.54) is 13.8 Å². The normalized spacial score (nSPS) is 11.3. The topological polar surface area (TPSA) is 105 Å². The van der Waals surface area contributed by atoms with Crippen molar-refractivity contribution in [1.82, 2.24) is 0 Å². The number of phenols is 1. The van der Waals surface area contributed by atoms with Crippen molar-refractivity contribution < 1.29 is 24.2 Å². The molecule has 158 valence electrons. The lowest BCUT2D eigenvalue weighted by molar-refractivity contribution is -0.123. The molecule has 0 radical (unpaired) electrons. The summed E-state index contributed by atoms with van der Waals surface area (Å²) in [7, 11) is 0. The van der Waals surface area contributed by atoms with E-state index < -0.39 is 18.0 Å². The molecule has 31 heavy (non-hydrogen) atoms. The van der Waals surface area contributed by atoms with Crippen molar-refractivity contribution in [2.75, 3.05) is 10.6 Å². The van der Waals surface area contributed by atoms with E-state index in [-0.39, 0.29) is 11.7 Å². The van der Waals surface area contributed by atoms with Gasteiger partial charge in [0.2, 0.25) is 5.91 Å². The summed E-state index contributed by atoms with van der Waals surface area (Å²) in [5.74, 6) is -1.09. The Kier molecular flexibility index (Phi) is 6.67. The monoisotopic (exact) mass is 418 g/mol. The second kappa shape index (κ2) is 9.58. The first-order valence-corrected chi connectivity index (χ1v) is 9.61. The van der Waals surface area contributed by atoms with Crippen LogP contribution in [0.1, 0.15) is 24.2 Å². The highest BCUT2D eigenvalue weighted by molar-refractivity contribution is 5.97. The van der Waals surface area contributed by atoms with Crippen molar-refractivity contribution in [2.45, 2.75) is 20.0 Å². The number of hydrogen-bond donors (Lipinski definition) is 3. The van der Waals surface area contributed by atoms with Gasteiger partial charge >= 0.3 is 5.97 Å². The van der Waals surface area contributed by atoms with Crippen LogP contribution in [0.4, 0.5) is 11.4 Å². The van der Waals surface area contributed by atoms with E-state index >= 15 is 0 Å². The maximum Gasteiger partial charge on any atom is 0.338 e. The Morgan fingerprint density at radius 2 is 1.26 bits per heavy atom. The average molecular weight is 418 g/mol. The molecular weight excluding hydrogens is 396 g/mol. The van der Waals surface area contributed by atoms with E-state index in [1.807, 2.05) is 0 Å². The Morgan fingerprint density at radius 3 is 1.77 bits per heavy atom. The Balaban J connectivity index is 1.57. The first-order valence-electron chi connectivity index (χ1n) is 9.61. The third kappa shape index (κ3) is 5.93. The average Bonchev–Trinajstić information content (AvgIpc) is 2.75. The fraction of sp³-hybridized carbons (Fsp3) is 0.125. The molecule has 3 aromatic rings. The van der Waals surface area contributed by atoms with Crippen molar-refractivity contribution in [3.8, 4) is 16.9 Å². The highest BCUT2D eigenvalue weighted by atomic mass is 16.5. The fourth-order valence-electron chi connectivity index (χ4n) is 2.82. The molecule has 1 unspecified atom stereocenters. The van der Waals surface area contributed by atoms with Gasteiger partial charge in [-0.2, -0.15) is 0 Å². The Morgan fingerprint density at radius 1 is 0.774 bits per heavy atom. The van der Waals surface area contributed by atoms with Gasteiger partial charge in [0.05, 0.1) is 5.56 Å². The van der Waals surface area contributed by atoms with Crippen molar-refractivity contribution in [3.05, 3.63) is 78.4 Å². The van der Waals surface area contributed by atoms with Gasteiger partial charge in [-0.1, -0.05) is 24.3 Å². The van der Waals surface area contributed by atoms with Crippen molar-refractivity contribution >= 4 is 29.2 Å². The molecule has 1 atom stereocenters. The zero-order valence-electron chi connectivity index (χ0n) is 17.1. The second-order valence-corrected chi connectivity index (χ2v) is 6.92. The number of carbonyl (C=O) groups excluding carboxylic acids is 3. The lowest BCUT2D eigenvalue weighted by Gasteiger charge is -2.14. The van der Waals surface area contributed by atoms with E-state index in [2.05, 4.69) is 10.6 Å². The van der Waals surface area contributed by atoms with Crippen LogP contribution in [-0.4, -0.2) is 29.0 Å². The van der Waals surface area contributed by atoms with E-state index in [0.29, 0.717) is 16.9 Å². The molecule has 7 heteroatoms. The summed E-state index contributed by atoms with van der Waals surface area (Å²) in [6, 6.07) is 20.1. The summed E-state index contributed by atoms with van der Waals surface area (Å²) in [5, 5.41) is 14.7. The van der Waals surface area contributed by atoms with Crippen LogP contribution in [0.5, 0.6) is 5.75 Å². The molecule has 0 saturated heterocycles. The van der Waals surface area contributed by atoms with Crippen LogP contribution >= 0.6 is 0 Å².